The van der Waals surface area contributed by atoms with Crippen molar-refractivity contribution in [1.82, 2.24) is 4.90 Å². The van der Waals surface area contributed by atoms with Gasteiger partial charge in [0.2, 0.25) is 0 Å². The first-order chi connectivity index (χ1) is 7.66. The monoisotopic (exact) mass is 250 g/mol. The molecule has 0 saturated carbocycles. The number of thiocarbonyl (C=S) groups is 1. The molecule has 0 atom stereocenters. The Balaban J connectivity index is 2.18. The Bertz CT molecular complexity index is 504. The van der Waals surface area contributed by atoms with E-state index in [0.717, 1.165) is 6.54 Å². The molecule has 0 spiro atoms. The molecular weight excluding hydrogens is 236 g/mol. The fraction of sp³-hybridized carbons (Fsp3) is 0.250. The minimum atomic E-state index is 0.544. The molecule has 84 valence electrons. The number of hydrogen-bond donors (Lipinski definition) is 1. The summed E-state index contributed by atoms with van der Waals surface area (Å²) in [4.78, 5) is 2.68. The van der Waals surface area contributed by atoms with Crippen molar-refractivity contribution in [3.63, 3.8) is 0 Å². The highest BCUT2D eigenvalue weighted by Crippen LogP contribution is 2.26. The van der Waals surface area contributed by atoms with E-state index < -0.39 is 0 Å². The van der Waals surface area contributed by atoms with Gasteiger partial charge in [0.1, 0.15) is 0 Å². The van der Waals surface area contributed by atoms with E-state index in [1.807, 2.05) is 7.05 Å². The molecular formula is C12H14N2S2. The lowest BCUT2D eigenvalue weighted by molar-refractivity contribution is 0.376. The van der Waals surface area contributed by atoms with Crippen molar-refractivity contribution in [2.45, 2.75) is 6.54 Å². The first-order valence-corrected chi connectivity index (χ1v) is 6.37. The van der Waals surface area contributed by atoms with Crippen molar-refractivity contribution < 1.29 is 0 Å². The molecule has 0 unspecified atom stereocenters. The van der Waals surface area contributed by atoms with Crippen LogP contribution in [0.15, 0.2) is 29.6 Å². The first kappa shape index (κ1) is 11.5. The molecule has 16 heavy (non-hydrogen) atoms. The third kappa shape index (κ3) is 2.58. The van der Waals surface area contributed by atoms with Crippen LogP contribution < -0.4 is 5.73 Å². The van der Waals surface area contributed by atoms with Gasteiger partial charge in [0.25, 0.3) is 0 Å². The third-order valence-corrected chi connectivity index (χ3v) is 3.57. The Hall–Kier alpha value is -0.970. The molecule has 2 nitrogen and oxygen atoms in total. The van der Waals surface area contributed by atoms with Crippen LogP contribution in [0.2, 0.25) is 0 Å². The van der Waals surface area contributed by atoms with Crippen LogP contribution in [-0.4, -0.2) is 23.5 Å². The highest BCUT2D eigenvalue weighted by Gasteiger charge is 2.06. The average molecular weight is 250 g/mol. The molecule has 0 fully saturated rings. The van der Waals surface area contributed by atoms with Crippen molar-refractivity contribution in [1.29, 1.82) is 0 Å². The van der Waals surface area contributed by atoms with Gasteiger partial charge >= 0.3 is 0 Å². The summed E-state index contributed by atoms with van der Waals surface area (Å²) < 4.78 is 1.33. The Morgan fingerprint density at radius 1 is 1.44 bits per heavy atom. The smallest absolute Gasteiger partial charge is 0.0870 e. The van der Waals surface area contributed by atoms with Crippen LogP contribution in [0.4, 0.5) is 0 Å². The Morgan fingerprint density at radius 3 is 2.94 bits per heavy atom. The van der Waals surface area contributed by atoms with E-state index in [4.69, 9.17) is 18.0 Å². The minimum absolute atomic E-state index is 0.544. The lowest BCUT2D eigenvalue weighted by atomic mass is 10.2. The van der Waals surface area contributed by atoms with Crippen LogP contribution in [0.5, 0.6) is 0 Å². The molecule has 0 radical (unpaired) electrons. The number of likely N-dealkylation sites (N-methyl/N-ethyl adjacent to an activating group) is 1. The predicted octanol–water partition coefficient (Wildman–Crippen LogP) is 2.62. The standard InChI is InChI=1S/C12H14N2S2/c1-14(7-12(13)15)6-9-8-16-11-5-3-2-4-10(9)11/h2-5,8H,6-7H2,1H3,(H2,13,15). The molecule has 1 aromatic heterocycles. The molecule has 0 saturated heterocycles. The SMILES string of the molecule is CN(CC(N)=S)Cc1csc2ccccc12. The molecule has 2 aromatic rings. The minimum Gasteiger partial charge on any atom is -0.392 e. The molecule has 0 amide bonds. The van der Waals surface area contributed by atoms with Gasteiger partial charge in [-0.2, -0.15) is 0 Å². The van der Waals surface area contributed by atoms with Crippen molar-refractivity contribution >= 4 is 38.6 Å². The normalized spacial score (nSPS) is 11.1. The number of hydrogen-bond acceptors (Lipinski definition) is 3. The van der Waals surface area contributed by atoms with E-state index >= 15 is 0 Å². The summed E-state index contributed by atoms with van der Waals surface area (Å²) in [7, 11) is 2.03. The maximum absolute atomic E-state index is 5.53. The number of rotatable bonds is 4. The van der Waals surface area contributed by atoms with Gasteiger partial charge in [-0.1, -0.05) is 30.4 Å². The van der Waals surface area contributed by atoms with E-state index in [1.165, 1.54) is 15.6 Å². The second-order valence-electron chi connectivity index (χ2n) is 3.90. The van der Waals surface area contributed by atoms with E-state index in [9.17, 15) is 0 Å². The molecule has 0 aliphatic rings. The zero-order valence-corrected chi connectivity index (χ0v) is 10.8. The zero-order chi connectivity index (χ0) is 11.5. The molecule has 2 rings (SSSR count). The Morgan fingerprint density at radius 2 is 2.19 bits per heavy atom. The average Bonchev–Trinajstić information content (AvgIpc) is 2.61. The van der Waals surface area contributed by atoms with Gasteiger partial charge in [-0.3, -0.25) is 4.90 Å². The van der Waals surface area contributed by atoms with Gasteiger partial charge in [0, 0.05) is 17.8 Å². The highest BCUT2D eigenvalue weighted by molar-refractivity contribution is 7.80. The highest BCUT2D eigenvalue weighted by atomic mass is 32.1. The van der Waals surface area contributed by atoms with Gasteiger partial charge < -0.3 is 5.73 Å². The summed E-state index contributed by atoms with van der Waals surface area (Å²) in [6, 6.07) is 8.46. The summed E-state index contributed by atoms with van der Waals surface area (Å²) >= 11 is 6.69. The molecule has 2 N–H and O–H groups in total. The van der Waals surface area contributed by atoms with Gasteiger partial charge in [0.05, 0.1) is 4.99 Å². The van der Waals surface area contributed by atoms with Crippen molar-refractivity contribution in [2.24, 2.45) is 5.73 Å². The fourth-order valence-electron chi connectivity index (χ4n) is 1.77. The number of fused-ring (bicyclic) bond motifs is 1. The summed E-state index contributed by atoms with van der Waals surface area (Å²) in [5, 5.41) is 3.54. The first-order valence-electron chi connectivity index (χ1n) is 5.09. The largest absolute Gasteiger partial charge is 0.392 e. The molecule has 0 aliphatic carbocycles. The summed E-state index contributed by atoms with van der Waals surface area (Å²) in [5.41, 5.74) is 6.87. The van der Waals surface area contributed by atoms with Crippen LogP contribution in [0.3, 0.4) is 0 Å². The van der Waals surface area contributed by atoms with Crippen molar-refractivity contribution in [2.75, 3.05) is 13.6 Å². The van der Waals surface area contributed by atoms with Gasteiger partial charge in [-0.15, -0.1) is 11.3 Å². The maximum atomic E-state index is 5.53. The molecule has 0 bridgehead atoms. The van der Waals surface area contributed by atoms with Crippen LogP contribution in [0.25, 0.3) is 10.1 Å². The lowest BCUT2D eigenvalue weighted by Crippen LogP contribution is -2.28. The Kier molecular flexibility index (Phi) is 3.53. The number of thiophene rings is 1. The third-order valence-electron chi connectivity index (χ3n) is 2.43. The molecule has 0 aliphatic heterocycles. The van der Waals surface area contributed by atoms with Crippen LogP contribution in [0, 0.1) is 0 Å². The molecule has 1 aromatic carbocycles. The fourth-order valence-corrected chi connectivity index (χ4v) is 2.94. The van der Waals surface area contributed by atoms with Gasteiger partial charge in [0.15, 0.2) is 0 Å². The number of benzene rings is 1. The summed E-state index contributed by atoms with van der Waals surface area (Å²) in [5.74, 6) is 0. The second kappa shape index (κ2) is 4.91. The molecule has 1 heterocycles. The van der Waals surface area contributed by atoms with Gasteiger partial charge in [-0.25, -0.2) is 0 Å². The lowest BCUT2D eigenvalue weighted by Gasteiger charge is -2.14. The number of nitrogens with zero attached hydrogens (tertiary/aromatic N) is 1. The maximum Gasteiger partial charge on any atom is 0.0870 e. The second-order valence-corrected chi connectivity index (χ2v) is 5.33. The van der Waals surface area contributed by atoms with Crippen molar-refractivity contribution in [3.05, 3.63) is 35.2 Å². The van der Waals surface area contributed by atoms with Crippen LogP contribution >= 0.6 is 23.6 Å². The van der Waals surface area contributed by atoms with E-state index in [-0.39, 0.29) is 0 Å². The van der Waals surface area contributed by atoms with Crippen LogP contribution in [-0.2, 0) is 6.54 Å². The van der Waals surface area contributed by atoms with Gasteiger partial charge in [-0.05, 0) is 29.4 Å². The summed E-state index contributed by atoms with van der Waals surface area (Å²) in [6.07, 6.45) is 0. The van der Waals surface area contributed by atoms with E-state index in [0.29, 0.717) is 11.5 Å². The summed E-state index contributed by atoms with van der Waals surface area (Å²) in [6.45, 7) is 1.56. The van der Waals surface area contributed by atoms with E-state index in [1.54, 1.807) is 11.3 Å². The van der Waals surface area contributed by atoms with Crippen molar-refractivity contribution in [3.8, 4) is 0 Å². The number of nitrogens with two attached hydrogens (primary N) is 1. The Labute approximate surface area is 105 Å². The van der Waals surface area contributed by atoms with Crippen LogP contribution in [0.1, 0.15) is 5.56 Å². The predicted molar refractivity (Wildman–Crippen MR) is 74.9 cm³/mol. The quantitative estimate of drug-likeness (QED) is 0.846. The van der Waals surface area contributed by atoms with E-state index in [2.05, 4.69) is 34.5 Å². The topological polar surface area (TPSA) is 29.3 Å². The zero-order valence-electron chi connectivity index (χ0n) is 9.14. The molecule has 4 heteroatoms.